The lowest BCUT2D eigenvalue weighted by molar-refractivity contribution is 0.459. The van der Waals surface area contributed by atoms with Gasteiger partial charge in [0.05, 0.1) is 16.1 Å². The van der Waals surface area contributed by atoms with Crippen LogP contribution in [0.4, 0.5) is 17.1 Å². The Labute approximate surface area is 131 Å². The monoisotopic (exact) mass is 330 g/mol. The first kappa shape index (κ1) is 15.0. The quantitative estimate of drug-likeness (QED) is 0.500. The molecule has 3 aromatic rings. The summed E-state index contributed by atoms with van der Waals surface area (Å²) in [6.07, 6.45) is 0. The van der Waals surface area contributed by atoms with E-state index in [-0.39, 0.29) is 16.5 Å². The zero-order valence-electron chi connectivity index (χ0n) is 11.7. The molecule has 5 N–H and O–H groups in total. The first-order valence-electron chi connectivity index (χ1n) is 6.46. The number of fused-ring (bicyclic) bond motifs is 1. The van der Waals surface area contributed by atoms with Gasteiger partial charge in [-0.05, 0) is 42.5 Å². The molecule has 8 nitrogen and oxygen atoms in total. The molecule has 117 valence electrons. The number of rotatable bonds is 3. The van der Waals surface area contributed by atoms with Crippen molar-refractivity contribution in [2.45, 2.75) is 4.90 Å². The van der Waals surface area contributed by atoms with Gasteiger partial charge in [0.25, 0.3) is 10.0 Å². The molecule has 2 aromatic carbocycles. The first-order valence-corrected chi connectivity index (χ1v) is 7.94. The molecule has 0 unspecified atom stereocenters. The van der Waals surface area contributed by atoms with Gasteiger partial charge < -0.3 is 15.8 Å². The molecule has 1 radical (unpaired) electrons. The molecule has 1 aromatic heterocycles. The number of nitrogens with one attached hydrogen (secondary N) is 2. The first-order chi connectivity index (χ1) is 10.8. The van der Waals surface area contributed by atoms with Gasteiger partial charge >= 0.3 is 0 Å². The summed E-state index contributed by atoms with van der Waals surface area (Å²) in [5.41, 5.74) is 7.54. The van der Waals surface area contributed by atoms with Crippen LogP contribution in [0.2, 0.25) is 0 Å². The van der Waals surface area contributed by atoms with E-state index in [1.54, 1.807) is 18.2 Å². The molecule has 0 saturated carbocycles. The van der Waals surface area contributed by atoms with Crippen LogP contribution in [0.3, 0.4) is 0 Å². The number of nitrogens with two attached hydrogens (primary N) is 1. The van der Waals surface area contributed by atoms with Crippen LogP contribution in [0.1, 0.15) is 0 Å². The molecule has 0 aliphatic rings. The lowest BCUT2D eigenvalue weighted by Crippen LogP contribution is -1.99. The highest BCUT2D eigenvalue weighted by molar-refractivity contribution is 7.88. The third kappa shape index (κ3) is 3.00. The van der Waals surface area contributed by atoms with Crippen molar-refractivity contribution in [1.29, 1.82) is 0 Å². The third-order valence-electron chi connectivity index (χ3n) is 3.19. The summed E-state index contributed by atoms with van der Waals surface area (Å²) in [5.74, 6) is -0.139. The van der Waals surface area contributed by atoms with Gasteiger partial charge in [0, 0.05) is 11.1 Å². The Morgan fingerprint density at radius 1 is 1.09 bits per heavy atom. The largest absolute Gasteiger partial charge is 0.493 e. The molecule has 0 amide bonds. The van der Waals surface area contributed by atoms with E-state index in [0.717, 1.165) is 0 Å². The summed E-state index contributed by atoms with van der Waals surface area (Å²) >= 11 is 0. The van der Waals surface area contributed by atoms with E-state index in [9.17, 15) is 13.5 Å². The van der Waals surface area contributed by atoms with E-state index in [4.69, 9.17) is 10.9 Å². The fraction of sp³-hybridized carbons (Fsp3) is 0. The molecule has 0 fully saturated rings. The van der Waals surface area contributed by atoms with Crippen LogP contribution in [0.15, 0.2) is 57.6 Å². The molecule has 0 atom stereocenters. The van der Waals surface area contributed by atoms with Crippen LogP contribution < -0.4 is 10.9 Å². The number of aromatic nitrogens is 1. The molecule has 23 heavy (non-hydrogen) atoms. The van der Waals surface area contributed by atoms with E-state index in [1.165, 1.54) is 24.3 Å². The normalized spacial score (nSPS) is 12.2. The van der Waals surface area contributed by atoms with Gasteiger partial charge in [-0.25, -0.2) is 8.42 Å². The topological polar surface area (TPSA) is 145 Å². The van der Waals surface area contributed by atoms with Crippen LogP contribution in [0, 0.1) is 0 Å². The number of aromatic hydroxyl groups is 1. The van der Waals surface area contributed by atoms with Gasteiger partial charge in [0.2, 0.25) is 5.88 Å². The number of H-pyrrole nitrogens is 1. The van der Waals surface area contributed by atoms with E-state index >= 15 is 0 Å². The van der Waals surface area contributed by atoms with Crippen LogP contribution in [0.5, 0.6) is 5.88 Å². The summed E-state index contributed by atoms with van der Waals surface area (Å²) in [6, 6.07) is 10.5. The van der Waals surface area contributed by atoms with Crippen molar-refractivity contribution < 1.29 is 13.5 Å². The standard InChI is InChI=1S/C14H12N5O3S/c15-8-1-6-12-11(7-8)13(14(20)17-12)19-18-9-2-4-10(5-3-9)23(16,21)22/h1-7,16-17,20H,15H2. The van der Waals surface area contributed by atoms with Crippen molar-refractivity contribution in [3.8, 4) is 5.88 Å². The number of aromatic amines is 1. The summed E-state index contributed by atoms with van der Waals surface area (Å²) in [7, 11) is -4.00. The molecule has 0 saturated heterocycles. The molecule has 9 heteroatoms. The summed E-state index contributed by atoms with van der Waals surface area (Å²) < 4.78 is 22.2. The fourth-order valence-corrected chi connectivity index (χ4v) is 2.58. The van der Waals surface area contributed by atoms with E-state index in [2.05, 4.69) is 15.2 Å². The maximum Gasteiger partial charge on any atom is 0.254 e. The number of anilines is 1. The maximum atomic E-state index is 11.1. The molecule has 3 rings (SSSR count). The number of hydrogen-bond acceptors (Lipinski definition) is 6. The number of hydrogen-bond donors (Lipinski definition) is 3. The smallest absolute Gasteiger partial charge is 0.254 e. The SMILES string of the molecule is [NH]S(=O)(=O)c1ccc(N=Nc2c(O)[nH]c3ccc(N)cc23)cc1. The van der Waals surface area contributed by atoms with Crippen molar-refractivity contribution in [2.24, 2.45) is 10.2 Å². The van der Waals surface area contributed by atoms with E-state index in [1.807, 2.05) is 0 Å². The Bertz CT molecular complexity index is 1010. The second kappa shape index (κ2) is 5.38. The van der Waals surface area contributed by atoms with Crippen molar-refractivity contribution in [2.75, 3.05) is 5.73 Å². The van der Waals surface area contributed by atoms with Crippen LogP contribution >= 0.6 is 0 Å². The fourth-order valence-electron chi connectivity index (χ4n) is 2.08. The predicted octanol–water partition coefficient (Wildman–Crippen LogP) is 2.84. The Hall–Kier alpha value is -2.91. The van der Waals surface area contributed by atoms with Gasteiger partial charge in [-0.1, -0.05) is 0 Å². The van der Waals surface area contributed by atoms with Crippen molar-refractivity contribution in [1.82, 2.24) is 10.1 Å². The minimum atomic E-state index is -4.00. The number of azo groups is 1. The van der Waals surface area contributed by atoms with E-state index < -0.39 is 10.0 Å². The maximum absolute atomic E-state index is 11.1. The molecule has 0 aliphatic carbocycles. The molecular formula is C14H12N5O3S. The Kier molecular flexibility index (Phi) is 3.51. The number of nitrogen functional groups attached to an aromatic ring is 1. The molecule has 0 bridgehead atoms. The molecule has 0 spiro atoms. The van der Waals surface area contributed by atoms with Crippen molar-refractivity contribution in [3.05, 3.63) is 42.5 Å². The molecule has 1 heterocycles. The minimum absolute atomic E-state index is 0.126. The predicted molar refractivity (Wildman–Crippen MR) is 85.3 cm³/mol. The Morgan fingerprint density at radius 2 is 1.78 bits per heavy atom. The number of sulfonamides is 1. The summed E-state index contributed by atoms with van der Waals surface area (Å²) in [5, 5.41) is 25.4. The second-order valence-electron chi connectivity index (χ2n) is 4.82. The Balaban J connectivity index is 1.97. The highest BCUT2D eigenvalue weighted by Crippen LogP contribution is 2.37. The van der Waals surface area contributed by atoms with Crippen LogP contribution in [-0.2, 0) is 10.0 Å². The van der Waals surface area contributed by atoms with Crippen LogP contribution in [-0.4, -0.2) is 18.5 Å². The highest BCUT2D eigenvalue weighted by atomic mass is 32.2. The zero-order valence-corrected chi connectivity index (χ0v) is 12.5. The van der Waals surface area contributed by atoms with Crippen molar-refractivity contribution in [3.63, 3.8) is 0 Å². The van der Waals surface area contributed by atoms with Gasteiger partial charge in [-0.15, -0.1) is 10.3 Å². The average molecular weight is 330 g/mol. The second-order valence-corrected chi connectivity index (χ2v) is 6.30. The summed E-state index contributed by atoms with van der Waals surface area (Å²) in [4.78, 5) is 2.64. The Morgan fingerprint density at radius 3 is 2.43 bits per heavy atom. The van der Waals surface area contributed by atoms with Gasteiger partial charge in [0.1, 0.15) is 0 Å². The van der Waals surface area contributed by atoms with E-state index in [0.29, 0.717) is 22.3 Å². The van der Waals surface area contributed by atoms with Crippen LogP contribution in [0.25, 0.3) is 10.9 Å². The van der Waals surface area contributed by atoms with Gasteiger partial charge in [0.15, 0.2) is 5.69 Å². The lowest BCUT2D eigenvalue weighted by Gasteiger charge is -1.97. The van der Waals surface area contributed by atoms with Gasteiger partial charge in [-0.2, -0.15) is 5.11 Å². The van der Waals surface area contributed by atoms with Crippen molar-refractivity contribution >= 4 is 38.0 Å². The number of benzene rings is 2. The summed E-state index contributed by atoms with van der Waals surface area (Å²) in [6.45, 7) is 0. The zero-order chi connectivity index (χ0) is 16.6. The minimum Gasteiger partial charge on any atom is -0.493 e. The lowest BCUT2D eigenvalue weighted by atomic mass is 10.2. The molecular weight excluding hydrogens is 318 g/mol. The highest BCUT2D eigenvalue weighted by Gasteiger charge is 2.11. The molecule has 0 aliphatic heterocycles. The van der Waals surface area contributed by atoms with Gasteiger partial charge in [-0.3, -0.25) is 0 Å². The third-order valence-corrected chi connectivity index (χ3v) is 4.08. The average Bonchev–Trinajstić information content (AvgIpc) is 2.79. The number of nitrogens with zero attached hydrogens (tertiary/aromatic N) is 2.